The first-order valence-electron chi connectivity index (χ1n) is 6.45. The quantitative estimate of drug-likeness (QED) is 0.907. The van der Waals surface area contributed by atoms with Crippen molar-refractivity contribution in [1.82, 2.24) is 4.98 Å². The number of carbonyl (C=O) groups is 1. The molecule has 0 spiro atoms. The monoisotopic (exact) mass is 287 g/mol. The molecule has 20 heavy (non-hydrogen) atoms. The average molecular weight is 287 g/mol. The van der Waals surface area contributed by atoms with Crippen molar-refractivity contribution in [2.45, 2.75) is 36.5 Å². The fraction of sp³-hybridized carbons (Fsp3) is 0.250. The van der Waals surface area contributed by atoms with Gasteiger partial charge in [0.15, 0.2) is 0 Å². The summed E-state index contributed by atoms with van der Waals surface area (Å²) >= 11 is 1.43. The van der Waals surface area contributed by atoms with Crippen LogP contribution in [0.15, 0.2) is 46.3 Å². The summed E-state index contributed by atoms with van der Waals surface area (Å²) in [6.07, 6.45) is 1.66. The summed E-state index contributed by atoms with van der Waals surface area (Å²) in [5.74, 6) is -0.699. The van der Waals surface area contributed by atoms with Crippen LogP contribution in [0.25, 0.3) is 0 Å². The number of aromatic carboxylic acids is 1. The zero-order valence-corrected chi connectivity index (χ0v) is 12.6. The van der Waals surface area contributed by atoms with E-state index in [-0.39, 0.29) is 5.92 Å². The van der Waals surface area contributed by atoms with E-state index in [1.54, 1.807) is 12.3 Å². The Kier molecular flexibility index (Phi) is 4.45. The van der Waals surface area contributed by atoms with Crippen LogP contribution < -0.4 is 0 Å². The first-order chi connectivity index (χ1) is 9.47. The molecule has 2 aromatic rings. The van der Waals surface area contributed by atoms with E-state index in [0.29, 0.717) is 10.5 Å². The van der Waals surface area contributed by atoms with E-state index < -0.39 is 5.97 Å². The van der Waals surface area contributed by atoms with Crippen molar-refractivity contribution in [3.05, 3.63) is 53.3 Å². The van der Waals surface area contributed by atoms with Gasteiger partial charge in [-0.2, -0.15) is 0 Å². The molecule has 3 nitrogen and oxygen atoms in total. The maximum Gasteiger partial charge on any atom is 0.336 e. The van der Waals surface area contributed by atoms with E-state index in [9.17, 15) is 9.90 Å². The molecular weight excluding hydrogens is 270 g/mol. The van der Waals surface area contributed by atoms with Gasteiger partial charge >= 0.3 is 5.97 Å². The van der Waals surface area contributed by atoms with Crippen molar-refractivity contribution in [1.29, 1.82) is 0 Å². The van der Waals surface area contributed by atoms with Crippen LogP contribution in [0.5, 0.6) is 0 Å². The Hall–Kier alpha value is -1.81. The standard InChI is InChI=1S/C16H17NO2S/c1-10(2)14-8-13(16(18)19)15(9-17-14)20-12-6-4-5-11(3)7-12/h4-10H,1-3H3,(H,18,19). The van der Waals surface area contributed by atoms with Crippen LogP contribution in [0.3, 0.4) is 0 Å². The summed E-state index contributed by atoms with van der Waals surface area (Å²) in [4.78, 5) is 17.5. The SMILES string of the molecule is Cc1cccc(Sc2cnc(C(C)C)cc2C(=O)O)c1. The molecule has 1 heterocycles. The predicted octanol–water partition coefficient (Wildman–Crippen LogP) is 4.36. The Morgan fingerprint density at radius 2 is 2.05 bits per heavy atom. The van der Waals surface area contributed by atoms with E-state index in [4.69, 9.17) is 0 Å². The van der Waals surface area contributed by atoms with E-state index >= 15 is 0 Å². The summed E-state index contributed by atoms with van der Waals surface area (Å²) in [7, 11) is 0. The molecule has 0 aliphatic carbocycles. The fourth-order valence-corrected chi connectivity index (χ4v) is 2.84. The molecule has 0 fully saturated rings. The number of nitrogens with zero attached hydrogens (tertiary/aromatic N) is 1. The zero-order chi connectivity index (χ0) is 14.7. The molecule has 0 aliphatic rings. The van der Waals surface area contributed by atoms with Crippen molar-refractivity contribution >= 4 is 17.7 Å². The number of aryl methyl sites for hydroxylation is 1. The topological polar surface area (TPSA) is 50.2 Å². The molecule has 0 unspecified atom stereocenters. The molecule has 1 aromatic heterocycles. The van der Waals surface area contributed by atoms with Gasteiger partial charge in [0.05, 0.1) is 5.56 Å². The number of benzene rings is 1. The van der Waals surface area contributed by atoms with Crippen LogP contribution in [0.4, 0.5) is 0 Å². The van der Waals surface area contributed by atoms with E-state index in [1.807, 2.05) is 45.0 Å². The molecule has 0 bridgehead atoms. The lowest BCUT2D eigenvalue weighted by Crippen LogP contribution is -2.03. The Balaban J connectivity index is 2.38. The molecule has 4 heteroatoms. The molecule has 0 atom stereocenters. The lowest BCUT2D eigenvalue weighted by molar-refractivity contribution is 0.0692. The molecule has 0 amide bonds. The van der Waals surface area contributed by atoms with E-state index in [1.165, 1.54) is 11.8 Å². The minimum Gasteiger partial charge on any atom is -0.478 e. The predicted molar refractivity (Wildman–Crippen MR) is 80.6 cm³/mol. The van der Waals surface area contributed by atoms with Gasteiger partial charge in [-0.05, 0) is 31.0 Å². The molecule has 0 saturated carbocycles. The molecule has 2 rings (SSSR count). The second kappa shape index (κ2) is 6.09. The van der Waals surface area contributed by atoms with Crippen molar-refractivity contribution < 1.29 is 9.90 Å². The van der Waals surface area contributed by atoms with Crippen LogP contribution >= 0.6 is 11.8 Å². The van der Waals surface area contributed by atoms with Gasteiger partial charge in [0.2, 0.25) is 0 Å². The van der Waals surface area contributed by atoms with E-state index in [2.05, 4.69) is 4.98 Å². The third-order valence-electron chi connectivity index (χ3n) is 2.93. The second-order valence-corrected chi connectivity index (χ2v) is 6.10. The van der Waals surface area contributed by atoms with Gasteiger partial charge in [-0.25, -0.2) is 4.79 Å². The number of pyridine rings is 1. The Morgan fingerprint density at radius 1 is 1.30 bits per heavy atom. The lowest BCUT2D eigenvalue weighted by atomic mass is 10.1. The van der Waals surface area contributed by atoms with Gasteiger partial charge in [0.1, 0.15) is 0 Å². The number of hydrogen-bond acceptors (Lipinski definition) is 3. The highest BCUT2D eigenvalue weighted by molar-refractivity contribution is 7.99. The van der Waals surface area contributed by atoms with Gasteiger partial charge in [-0.15, -0.1) is 0 Å². The smallest absolute Gasteiger partial charge is 0.336 e. The number of carboxylic acids is 1. The zero-order valence-electron chi connectivity index (χ0n) is 11.8. The second-order valence-electron chi connectivity index (χ2n) is 4.98. The number of rotatable bonds is 4. The van der Waals surface area contributed by atoms with Crippen LogP contribution in [0.1, 0.15) is 41.4 Å². The third-order valence-corrected chi connectivity index (χ3v) is 3.96. The van der Waals surface area contributed by atoms with Crippen LogP contribution in [-0.2, 0) is 0 Å². The van der Waals surface area contributed by atoms with Crippen LogP contribution in [0.2, 0.25) is 0 Å². The number of aromatic nitrogens is 1. The number of carboxylic acid groups (broad SMARTS) is 1. The average Bonchev–Trinajstić information content (AvgIpc) is 2.38. The molecule has 104 valence electrons. The van der Waals surface area contributed by atoms with Crippen molar-refractivity contribution in [3.63, 3.8) is 0 Å². The summed E-state index contributed by atoms with van der Waals surface area (Å²) in [5.41, 5.74) is 2.27. The Labute approximate surface area is 123 Å². The summed E-state index contributed by atoms with van der Waals surface area (Å²) in [5, 5.41) is 9.36. The summed E-state index contributed by atoms with van der Waals surface area (Å²) in [6, 6.07) is 9.66. The molecule has 0 radical (unpaired) electrons. The van der Waals surface area contributed by atoms with Gasteiger partial charge in [-0.1, -0.05) is 43.3 Å². The highest BCUT2D eigenvalue weighted by Crippen LogP contribution is 2.31. The maximum atomic E-state index is 11.4. The van der Waals surface area contributed by atoms with E-state index in [0.717, 1.165) is 16.2 Å². The number of hydrogen-bond donors (Lipinski definition) is 1. The van der Waals surface area contributed by atoms with Crippen molar-refractivity contribution in [2.24, 2.45) is 0 Å². The Bertz CT molecular complexity index is 638. The van der Waals surface area contributed by atoms with Gasteiger partial charge in [0.25, 0.3) is 0 Å². The maximum absolute atomic E-state index is 11.4. The highest BCUT2D eigenvalue weighted by Gasteiger charge is 2.14. The van der Waals surface area contributed by atoms with Crippen molar-refractivity contribution in [2.75, 3.05) is 0 Å². The van der Waals surface area contributed by atoms with Gasteiger partial charge < -0.3 is 5.11 Å². The normalized spacial score (nSPS) is 10.8. The molecule has 1 aromatic carbocycles. The van der Waals surface area contributed by atoms with Gasteiger partial charge in [-0.3, -0.25) is 4.98 Å². The van der Waals surface area contributed by atoms with Gasteiger partial charge in [0, 0.05) is 21.7 Å². The minimum atomic E-state index is -0.913. The molecule has 1 N–H and O–H groups in total. The fourth-order valence-electron chi connectivity index (χ4n) is 1.83. The molecular formula is C16H17NO2S. The third kappa shape index (κ3) is 3.39. The molecule has 0 saturated heterocycles. The molecule has 0 aliphatic heterocycles. The minimum absolute atomic E-state index is 0.214. The lowest BCUT2D eigenvalue weighted by Gasteiger charge is -2.10. The van der Waals surface area contributed by atoms with Crippen molar-refractivity contribution in [3.8, 4) is 0 Å². The van der Waals surface area contributed by atoms with Crippen LogP contribution in [-0.4, -0.2) is 16.1 Å². The largest absolute Gasteiger partial charge is 0.478 e. The van der Waals surface area contributed by atoms with Crippen LogP contribution in [0, 0.1) is 6.92 Å². The summed E-state index contributed by atoms with van der Waals surface area (Å²) in [6.45, 7) is 6.02. The Morgan fingerprint density at radius 3 is 2.65 bits per heavy atom. The first kappa shape index (κ1) is 14.6. The highest BCUT2D eigenvalue weighted by atomic mass is 32.2. The summed E-state index contributed by atoms with van der Waals surface area (Å²) < 4.78 is 0. The first-order valence-corrected chi connectivity index (χ1v) is 7.27.